The fourth-order valence-corrected chi connectivity index (χ4v) is 3.36. The van der Waals surface area contributed by atoms with E-state index in [9.17, 15) is 8.42 Å². The third kappa shape index (κ3) is 3.30. The normalized spacial score (nSPS) is 13.7. The van der Waals surface area contributed by atoms with Gasteiger partial charge < -0.3 is 5.73 Å². The van der Waals surface area contributed by atoms with Gasteiger partial charge in [0.05, 0.1) is 11.0 Å². The lowest BCUT2D eigenvalue weighted by molar-refractivity contribution is 0.583. The maximum absolute atomic E-state index is 12.0. The number of rotatable bonds is 4. The number of hydrogen-bond acceptors (Lipinski definition) is 3. The Morgan fingerprint density at radius 2 is 1.65 bits per heavy atom. The summed E-state index contributed by atoms with van der Waals surface area (Å²) in [5.41, 5.74) is 9.58. The van der Waals surface area contributed by atoms with Crippen LogP contribution in [0.4, 0.5) is 0 Å². The van der Waals surface area contributed by atoms with Crippen molar-refractivity contribution in [2.75, 3.05) is 6.54 Å². The first-order valence-electron chi connectivity index (χ1n) is 5.76. The number of sulfone groups is 1. The molecular formula is C13H21NO2S. The maximum atomic E-state index is 12.0. The first-order valence-corrected chi connectivity index (χ1v) is 7.48. The SMILES string of the molecule is Cc1cc(C)c(CS(=O)(=O)C(C)CN)c(C)c1. The van der Waals surface area contributed by atoms with E-state index in [1.807, 2.05) is 32.9 Å². The lowest BCUT2D eigenvalue weighted by atomic mass is 10.0. The molecule has 17 heavy (non-hydrogen) atoms. The largest absolute Gasteiger partial charge is 0.329 e. The minimum Gasteiger partial charge on any atom is -0.329 e. The van der Waals surface area contributed by atoms with Gasteiger partial charge in [-0.1, -0.05) is 17.7 Å². The highest BCUT2D eigenvalue weighted by Crippen LogP contribution is 2.20. The van der Waals surface area contributed by atoms with Gasteiger partial charge in [-0.3, -0.25) is 0 Å². The maximum Gasteiger partial charge on any atom is 0.158 e. The van der Waals surface area contributed by atoms with E-state index in [1.54, 1.807) is 6.92 Å². The molecule has 96 valence electrons. The monoisotopic (exact) mass is 255 g/mol. The standard InChI is InChI=1S/C13H21NO2S/c1-9-5-10(2)13(11(3)6-9)8-17(15,16)12(4)7-14/h5-6,12H,7-8,14H2,1-4H3. The van der Waals surface area contributed by atoms with E-state index in [2.05, 4.69) is 0 Å². The molecular weight excluding hydrogens is 234 g/mol. The number of hydrogen-bond donors (Lipinski definition) is 1. The molecule has 1 unspecified atom stereocenters. The van der Waals surface area contributed by atoms with Crippen LogP contribution < -0.4 is 5.73 Å². The molecule has 0 fully saturated rings. The van der Waals surface area contributed by atoms with Crippen LogP contribution in [0.3, 0.4) is 0 Å². The summed E-state index contributed by atoms with van der Waals surface area (Å²) in [5, 5.41) is -0.484. The van der Waals surface area contributed by atoms with Gasteiger partial charge in [-0.15, -0.1) is 0 Å². The number of aryl methyl sites for hydroxylation is 3. The molecule has 1 aromatic carbocycles. The summed E-state index contributed by atoms with van der Waals surface area (Å²) >= 11 is 0. The van der Waals surface area contributed by atoms with Crippen LogP contribution in [0.2, 0.25) is 0 Å². The van der Waals surface area contributed by atoms with Crippen LogP contribution in [0.25, 0.3) is 0 Å². The molecule has 3 nitrogen and oxygen atoms in total. The zero-order valence-corrected chi connectivity index (χ0v) is 11.8. The van der Waals surface area contributed by atoms with Crippen molar-refractivity contribution in [2.45, 2.75) is 38.7 Å². The highest BCUT2D eigenvalue weighted by Gasteiger charge is 2.21. The van der Waals surface area contributed by atoms with E-state index in [0.29, 0.717) is 0 Å². The highest BCUT2D eigenvalue weighted by molar-refractivity contribution is 7.91. The first kappa shape index (κ1) is 14.2. The molecule has 0 saturated heterocycles. The molecule has 0 aliphatic carbocycles. The van der Waals surface area contributed by atoms with Gasteiger partial charge in [-0.05, 0) is 44.4 Å². The van der Waals surface area contributed by atoms with Gasteiger partial charge in [0.25, 0.3) is 0 Å². The minimum atomic E-state index is -3.15. The topological polar surface area (TPSA) is 60.2 Å². The third-order valence-corrected chi connectivity index (χ3v) is 5.24. The van der Waals surface area contributed by atoms with Gasteiger partial charge in [0.15, 0.2) is 9.84 Å². The van der Waals surface area contributed by atoms with Gasteiger partial charge in [0.1, 0.15) is 0 Å². The van der Waals surface area contributed by atoms with Crippen LogP contribution in [0.5, 0.6) is 0 Å². The summed E-state index contributed by atoms with van der Waals surface area (Å²) in [6.07, 6.45) is 0. The second-order valence-electron chi connectivity index (χ2n) is 4.73. The quantitative estimate of drug-likeness (QED) is 0.893. The van der Waals surface area contributed by atoms with E-state index < -0.39 is 15.1 Å². The van der Waals surface area contributed by atoms with Crippen molar-refractivity contribution >= 4 is 9.84 Å². The van der Waals surface area contributed by atoms with Crippen LogP contribution in [0.1, 0.15) is 29.2 Å². The van der Waals surface area contributed by atoms with Crippen LogP contribution in [-0.4, -0.2) is 20.2 Å². The lowest BCUT2D eigenvalue weighted by Gasteiger charge is -2.15. The van der Waals surface area contributed by atoms with Crippen molar-refractivity contribution in [1.82, 2.24) is 0 Å². The second kappa shape index (κ2) is 5.19. The van der Waals surface area contributed by atoms with Gasteiger partial charge >= 0.3 is 0 Å². The predicted octanol–water partition coefficient (Wildman–Crippen LogP) is 1.87. The summed E-state index contributed by atoms with van der Waals surface area (Å²) < 4.78 is 24.1. The number of nitrogens with two attached hydrogens (primary N) is 1. The summed E-state index contributed by atoms with van der Waals surface area (Å²) in [4.78, 5) is 0. The zero-order chi connectivity index (χ0) is 13.2. The summed E-state index contributed by atoms with van der Waals surface area (Å²) in [6, 6.07) is 4.04. The van der Waals surface area contributed by atoms with E-state index in [1.165, 1.54) is 0 Å². The van der Waals surface area contributed by atoms with Gasteiger partial charge in [-0.25, -0.2) is 8.42 Å². The fourth-order valence-electron chi connectivity index (χ4n) is 1.93. The second-order valence-corrected chi connectivity index (χ2v) is 7.15. The fraction of sp³-hybridized carbons (Fsp3) is 0.538. The molecule has 0 aliphatic rings. The van der Waals surface area contributed by atoms with Crippen molar-refractivity contribution in [1.29, 1.82) is 0 Å². The molecule has 0 aromatic heterocycles. The van der Waals surface area contributed by atoms with E-state index >= 15 is 0 Å². The molecule has 0 aliphatic heterocycles. The average Bonchev–Trinajstić information content (AvgIpc) is 2.22. The van der Waals surface area contributed by atoms with E-state index in [0.717, 1.165) is 22.3 Å². The molecule has 1 rings (SSSR count). The molecule has 0 amide bonds. The summed E-state index contributed by atoms with van der Waals surface area (Å²) in [6.45, 7) is 7.76. The van der Waals surface area contributed by atoms with Crippen LogP contribution in [-0.2, 0) is 15.6 Å². The van der Waals surface area contributed by atoms with Crippen LogP contribution in [0.15, 0.2) is 12.1 Å². The van der Waals surface area contributed by atoms with Crippen molar-refractivity contribution in [3.05, 3.63) is 34.4 Å². The molecule has 0 saturated carbocycles. The zero-order valence-electron chi connectivity index (χ0n) is 10.9. The van der Waals surface area contributed by atoms with Crippen molar-refractivity contribution in [3.8, 4) is 0 Å². The Morgan fingerprint density at radius 1 is 1.18 bits per heavy atom. The van der Waals surface area contributed by atoms with Crippen LogP contribution >= 0.6 is 0 Å². The third-order valence-electron chi connectivity index (χ3n) is 3.13. The van der Waals surface area contributed by atoms with E-state index in [4.69, 9.17) is 5.73 Å². The Kier molecular flexibility index (Phi) is 4.33. The molecule has 1 aromatic rings. The summed E-state index contributed by atoms with van der Waals surface area (Å²) in [5.74, 6) is 0.0866. The Bertz CT molecular complexity index is 483. The predicted molar refractivity (Wildman–Crippen MR) is 71.8 cm³/mol. The minimum absolute atomic E-state index is 0.0866. The molecule has 0 bridgehead atoms. The number of benzene rings is 1. The van der Waals surface area contributed by atoms with Crippen molar-refractivity contribution in [3.63, 3.8) is 0 Å². The molecule has 0 heterocycles. The molecule has 1 atom stereocenters. The molecule has 2 N–H and O–H groups in total. The Balaban J connectivity index is 3.13. The van der Waals surface area contributed by atoms with Gasteiger partial charge in [-0.2, -0.15) is 0 Å². The van der Waals surface area contributed by atoms with Gasteiger partial charge in [0.2, 0.25) is 0 Å². The Hall–Kier alpha value is -0.870. The smallest absolute Gasteiger partial charge is 0.158 e. The molecule has 0 spiro atoms. The van der Waals surface area contributed by atoms with Crippen molar-refractivity contribution < 1.29 is 8.42 Å². The molecule has 0 radical (unpaired) electrons. The Morgan fingerprint density at radius 3 is 2.06 bits per heavy atom. The van der Waals surface area contributed by atoms with Gasteiger partial charge in [0, 0.05) is 6.54 Å². The Labute approximate surface area is 104 Å². The van der Waals surface area contributed by atoms with E-state index in [-0.39, 0.29) is 12.3 Å². The average molecular weight is 255 g/mol. The highest BCUT2D eigenvalue weighted by atomic mass is 32.2. The summed E-state index contributed by atoms with van der Waals surface area (Å²) in [7, 11) is -3.15. The van der Waals surface area contributed by atoms with Crippen molar-refractivity contribution in [2.24, 2.45) is 5.73 Å². The molecule has 4 heteroatoms. The first-order chi connectivity index (χ1) is 7.77. The van der Waals surface area contributed by atoms with Crippen LogP contribution in [0, 0.1) is 20.8 Å². The lowest BCUT2D eigenvalue weighted by Crippen LogP contribution is -2.28.